The van der Waals surface area contributed by atoms with Crippen LogP contribution in [0.15, 0.2) is 82.1 Å². The molecule has 4 rings (SSSR count). The Bertz CT molecular complexity index is 1300. The summed E-state index contributed by atoms with van der Waals surface area (Å²) in [5.74, 6) is -2.47. The number of anilines is 2. The van der Waals surface area contributed by atoms with Gasteiger partial charge in [-0.1, -0.05) is 54.2 Å². The van der Waals surface area contributed by atoms with Crippen LogP contribution in [0.5, 0.6) is 0 Å². The van der Waals surface area contributed by atoms with Crippen molar-refractivity contribution >= 4 is 44.2 Å². The van der Waals surface area contributed by atoms with Crippen molar-refractivity contribution in [2.24, 2.45) is 4.40 Å². The lowest BCUT2D eigenvalue weighted by molar-refractivity contribution is -0.113. The van der Waals surface area contributed by atoms with Crippen molar-refractivity contribution in [1.82, 2.24) is 0 Å². The molecule has 0 fully saturated rings. The van der Waals surface area contributed by atoms with Gasteiger partial charge in [0, 0.05) is 6.07 Å². The Kier molecular flexibility index (Phi) is 6.24. The number of amidine groups is 1. The zero-order chi connectivity index (χ0) is 22.7. The molecule has 164 valence electrons. The molecule has 0 atom stereocenters. The summed E-state index contributed by atoms with van der Waals surface area (Å²) in [4.78, 5) is 14.2. The van der Waals surface area contributed by atoms with Gasteiger partial charge in [-0.3, -0.25) is 4.79 Å². The van der Waals surface area contributed by atoms with Gasteiger partial charge in [0.25, 0.3) is 10.0 Å². The minimum absolute atomic E-state index is 0.0816. The molecule has 32 heavy (non-hydrogen) atoms. The largest absolute Gasteiger partial charge is 0.323 e. The van der Waals surface area contributed by atoms with Gasteiger partial charge >= 0.3 is 0 Å². The summed E-state index contributed by atoms with van der Waals surface area (Å²) in [5, 5.41) is 2.48. The first-order valence-corrected chi connectivity index (χ1v) is 11.9. The van der Waals surface area contributed by atoms with Crippen LogP contribution in [0.3, 0.4) is 0 Å². The Balaban J connectivity index is 1.57. The zero-order valence-corrected chi connectivity index (χ0v) is 18.2. The lowest BCUT2D eigenvalue weighted by Crippen LogP contribution is -2.34. The maximum Gasteiger partial charge on any atom is 0.286 e. The summed E-state index contributed by atoms with van der Waals surface area (Å²) < 4.78 is 56.1. The summed E-state index contributed by atoms with van der Waals surface area (Å²) in [6, 6.07) is 18.7. The van der Waals surface area contributed by atoms with Gasteiger partial charge in [-0.15, -0.1) is 4.40 Å². The number of amides is 1. The van der Waals surface area contributed by atoms with Gasteiger partial charge < -0.3 is 10.2 Å². The van der Waals surface area contributed by atoms with Crippen LogP contribution in [0, 0.1) is 11.6 Å². The fourth-order valence-electron chi connectivity index (χ4n) is 3.13. The average Bonchev–Trinajstić information content (AvgIpc) is 2.77. The standard InChI is InChI=1S/C22H17F2N3O3S2/c23-16-10-11-18(17(24)12-16)25-21(28)14-31-22-26-32(29,30)20-9-5-4-8-19(20)27(22)13-15-6-2-1-3-7-15/h1-12H,13-14H2,(H,25,28). The SMILES string of the molecule is O=C(CSC1=NS(=O)(=O)c2ccccc2N1Cc1ccccc1)Nc1ccc(F)cc1F. The number of thioether (sulfide) groups is 1. The number of para-hydroxylation sites is 1. The fourth-order valence-corrected chi connectivity index (χ4v) is 5.38. The van der Waals surface area contributed by atoms with Gasteiger partial charge in [0.15, 0.2) is 5.17 Å². The van der Waals surface area contributed by atoms with Crippen molar-refractivity contribution in [3.05, 3.63) is 90.0 Å². The lowest BCUT2D eigenvalue weighted by atomic mass is 10.2. The van der Waals surface area contributed by atoms with Crippen molar-refractivity contribution in [3.63, 3.8) is 0 Å². The summed E-state index contributed by atoms with van der Waals surface area (Å²) in [6.45, 7) is 0.341. The quantitative estimate of drug-likeness (QED) is 0.594. The Hall–Kier alpha value is -3.24. The molecule has 10 heteroatoms. The molecule has 0 bridgehead atoms. The number of halogens is 2. The normalized spacial score (nSPS) is 14.4. The highest BCUT2D eigenvalue weighted by Gasteiger charge is 2.31. The number of nitrogens with zero attached hydrogens (tertiary/aromatic N) is 2. The van der Waals surface area contributed by atoms with Gasteiger partial charge in [0.05, 0.1) is 23.7 Å². The predicted molar refractivity (Wildman–Crippen MR) is 121 cm³/mol. The van der Waals surface area contributed by atoms with Crippen LogP contribution in [-0.2, 0) is 21.4 Å². The Morgan fingerprint density at radius 1 is 1.00 bits per heavy atom. The van der Waals surface area contributed by atoms with Crippen LogP contribution in [-0.4, -0.2) is 25.2 Å². The fraction of sp³-hybridized carbons (Fsp3) is 0.0909. The van der Waals surface area contributed by atoms with E-state index in [0.29, 0.717) is 18.3 Å². The van der Waals surface area contributed by atoms with E-state index in [2.05, 4.69) is 9.71 Å². The van der Waals surface area contributed by atoms with E-state index in [1.165, 1.54) is 6.07 Å². The van der Waals surface area contributed by atoms with E-state index in [9.17, 15) is 22.0 Å². The molecule has 3 aromatic rings. The third-order valence-corrected chi connectivity index (χ3v) is 6.99. The van der Waals surface area contributed by atoms with Crippen LogP contribution in [0.4, 0.5) is 20.2 Å². The van der Waals surface area contributed by atoms with Crippen LogP contribution < -0.4 is 10.2 Å². The number of benzene rings is 3. The van der Waals surface area contributed by atoms with Crippen LogP contribution in [0.1, 0.15) is 5.56 Å². The number of fused-ring (bicyclic) bond motifs is 1. The highest BCUT2D eigenvalue weighted by Crippen LogP contribution is 2.35. The molecule has 1 aliphatic rings. The molecular formula is C22H17F2N3O3S2. The van der Waals surface area contributed by atoms with Crippen LogP contribution in [0.2, 0.25) is 0 Å². The molecule has 6 nitrogen and oxygen atoms in total. The van der Waals surface area contributed by atoms with Crippen molar-refractivity contribution in [2.45, 2.75) is 11.4 Å². The number of nitrogens with one attached hydrogen (secondary N) is 1. The summed E-state index contributed by atoms with van der Waals surface area (Å²) >= 11 is 0.915. The Labute approximate surface area is 188 Å². The number of sulfonamides is 1. The molecule has 1 aliphatic heterocycles. The molecule has 0 unspecified atom stereocenters. The Morgan fingerprint density at radius 2 is 1.72 bits per heavy atom. The molecule has 0 saturated heterocycles. The van der Waals surface area contributed by atoms with Gasteiger partial charge in [-0.2, -0.15) is 8.42 Å². The Morgan fingerprint density at radius 3 is 2.47 bits per heavy atom. The summed E-state index contributed by atoms with van der Waals surface area (Å²) in [7, 11) is -3.94. The van der Waals surface area contributed by atoms with Crippen molar-refractivity contribution in [2.75, 3.05) is 16.0 Å². The third-order valence-electron chi connectivity index (χ3n) is 4.58. The molecule has 0 radical (unpaired) electrons. The van der Waals surface area contributed by atoms with E-state index in [0.717, 1.165) is 29.5 Å². The molecule has 0 aromatic heterocycles. The van der Waals surface area contributed by atoms with Gasteiger partial charge in [-0.25, -0.2) is 8.78 Å². The lowest BCUT2D eigenvalue weighted by Gasteiger charge is -2.30. The first-order chi connectivity index (χ1) is 15.3. The number of carbonyl (C=O) groups is 1. The second kappa shape index (κ2) is 9.09. The van der Waals surface area contributed by atoms with E-state index in [1.807, 2.05) is 30.3 Å². The van der Waals surface area contributed by atoms with E-state index < -0.39 is 27.6 Å². The molecule has 1 heterocycles. The third kappa shape index (κ3) is 4.81. The van der Waals surface area contributed by atoms with E-state index >= 15 is 0 Å². The molecule has 1 amide bonds. The van der Waals surface area contributed by atoms with Gasteiger partial charge in [-0.05, 0) is 29.8 Å². The molecule has 0 spiro atoms. The monoisotopic (exact) mass is 473 g/mol. The zero-order valence-electron chi connectivity index (χ0n) is 16.5. The second-order valence-corrected chi connectivity index (χ2v) is 9.36. The molecule has 3 aromatic carbocycles. The van der Waals surface area contributed by atoms with E-state index in [1.54, 1.807) is 23.1 Å². The summed E-state index contributed by atoms with van der Waals surface area (Å²) in [5.41, 5.74) is 1.22. The minimum atomic E-state index is -3.94. The first kappa shape index (κ1) is 22.0. The maximum atomic E-state index is 13.8. The number of hydrogen-bond donors (Lipinski definition) is 1. The van der Waals surface area contributed by atoms with E-state index in [4.69, 9.17) is 0 Å². The second-order valence-electron chi connectivity index (χ2n) is 6.85. The van der Waals surface area contributed by atoms with Crippen molar-refractivity contribution in [3.8, 4) is 0 Å². The van der Waals surface area contributed by atoms with E-state index in [-0.39, 0.29) is 21.5 Å². The van der Waals surface area contributed by atoms with Crippen LogP contribution in [0.25, 0.3) is 0 Å². The minimum Gasteiger partial charge on any atom is -0.323 e. The van der Waals surface area contributed by atoms with Gasteiger partial charge in [0.1, 0.15) is 16.5 Å². The highest BCUT2D eigenvalue weighted by atomic mass is 32.2. The van der Waals surface area contributed by atoms with Crippen LogP contribution >= 0.6 is 11.8 Å². The molecule has 1 N–H and O–H groups in total. The first-order valence-electron chi connectivity index (χ1n) is 9.47. The number of carbonyl (C=O) groups excluding carboxylic acids is 1. The van der Waals surface area contributed by atoms with Gasteiger partial charge in [0.2, 0.25) is 5.91 Å². The topological polar surface area (TPSA) is 78.8 Å². The maximum absolute atomic E-state index is 13.8. The molecule has 0 saturated carbocycles. The summed E-state index contributed by atoms with van der Waals surface area (Å²) in [6.07, 6.45) is 0. The highest BCUT2D eigenvalue weighted by molar-refractivity contribution is 8.15. The number of rotatable bonds is 5. The number of hydrogen-bond acceptors (Lipinski definition) is 5. The molecule has 0 aliphatic carbocycles. The molecular weight excluding hydrogens is 456 g/mol. The van der Waals surface area contributed by atoms with Crippen molar-refractivity contribution in [1.29, 1.82) is 0 Å². The van der Waals surface area contributed by atoms with Crippen molar-refractivity contribution < 1.29 is 22.0 Å². The smallest absolute Gasteiger partial charge is 0.286 e. The average molecular weight is 474 g/mol. The predicted octanol–water partition coefficient (Wildman–Crippen LogP) is 4.40.